The van der Waals surface area contributed by atoms with E-state index in [1.807, 2.05) is 11.8 Å². The first-order valence-corrected chi connectivity index (χ1v) is 8.87. The average Bonchev–Trinajstić information content (AvgIpc) is 3.03. The van der Waals surface area contributed by atoms with Gasteiger partial charge in [-0.15, -0.1) is 0 Å². The normalized spacial score (nSPS) is 12.0. The smallest absolute Gasteiger partial charge is 0.0550 e. The summed E-state index contributed by atoms with van der Waals surface area (Å²) >= 11 is 1.85. The van der Waals surface area contributed by atoms with Crippen LogP contribution in [0, 0.1) is 0 Å². The Morgan fingerprint density at radius 2 is 1.21 bits per heavy atom. The molecule has 114 valence electrons. The zero-order valence-corrected chi connectivity index (χ0v) is 13.8. The van der Waals surface area contributed by atoms with Crippen LogP contribution in [0.25, 0.3) is 33.6 Å². The van der Waals surface area contributed by atoms with E-state index < -0.39 is 0 Å². The number of aromatic amines is 1. The molecule has 0 atom stereocenters. The Morgan fingerprint density at radius 1 is 0.583 bits per heavy atom. The van der Waals surface area contributed by atoms with E-state index in [0.717, 1.165) is 5.69 Å². The lowest BCUT2D eigenvalue weighted by Crippen LogP contribution is -1.82. The summed E-state index contributed by atoms with van der Waals surface area (Å²) in [5.41, 5.74) is 7.44. The van der Waals surface area contributed by atoms with Gasteiger partial charge < -0.3 is 4.98 Å². The molecule has 1 nitrogen and oxygen atoms in total. The fourth-order valence-electron chi connectivity index (χ4n) is 3.31. The van der Waals surface area contributed by atoms with E-state index in [1.54, 1.807) is 0 Å². The molecule has 0 spiro atoms. The lowest BCUT2D eigenvalue weighted by molar-refractivity contribution is 1.35. The molecule has 0 saturated carbocycles. The highest BCUT2D eigenvalue weighted by Crippen LogP contribution is 2.48. The lowest BCUT2D eigenvalue weighted by Gasteiger charge is -2.06. The number of nitrogens with one attached hydrogen (secondary N) is 1. The van der Waals surface area contributed by atoms with Crippen molar-refractivity contribution in [2.24, 2.45) is 0 Å². The van der Waals surface area contributed by atoms with Gasteiger partial charge in [0.05, 0.1) is 5.69 Å². The van der Waals surface area contributed by atoms with E-state index in [4.69, 9.17) is 0 Å². The minimum absolute atomic E-state index is 1.16. The van der Waals surface area contributed by atoms with Gasteiger partial charge in [-0.3, -0.25) is 0 Å². The van der Waals surface area contributed by atoms with Gasteiger partial charge in [0, 0.05) is 26.6 Å². The van der Waals surface area contributed by atoms with E-state index in [9.17, 15) is 0 Å². The van der Waals surface area contributed by atoms with Crippen LogP contribution in [0.5, 0.6) is 0 Å². The molecule has 2 heterocycles. The lowest BCUT2D eigenvalue weighted by atomic mass is 10.0. The van der Waals surface area contributed by atoms with Crippen LogP contribution in [0.4, 0.5) is 0 Å². The third kappa shape index (κ3) is 2.11. The predicted octanol–water partition coefficient (Wildman–Crippen LogP) is 6.48. The maximum absolute atomic E-state index is 3.67. The highest BCUT2D eigenvalue weighted by Gasteiger charge is 2.21. The van der Waals surface area contributed by atoms with Gasteiger partial charge in [-0.1, -0.05) is 78.5 Å². The second kappa shape index (κ2) is 5.43. The van der Waals surface area contributed by atoms with Crippen molar-refractivity contribution >= 4 is 11.8 Å². The molecule has 3 aromatic carbocycles. The number of benzene rings is 3. The van der Waals surface area contributed by atoms with Crippen molar-refractivity contribution in [2.45, 2.75) is 9.79 Å². The number of fused-ring (bicyclic) bond motifs is 5. The van der Waals surface area contributed by atoms with Crippen molar-refractivity contribution in [3.63, 3.8) is 0 Å². The van der Waals surface area contributed by atoms with Crippen molar-refractivity contribution in [1.29, 1.82) is 0 Å². The van der Waals surface area contributed by atoms with Crippen LogP contribution in [0.3, 0.4) is 0 Å². The third-order valence-corrected chi connectivity index (χ3v) is 5.61. The minimum atomic E-state index is 1.16. The van der Waals surface area contributed by atoms with E-state index in [1.165, 1.54) is 37.7 Å². The van der Waals surface area contributed by atoms with Crippen molar-refractivity contribution in [3.05, 3.63) is 84.9 Å². The largest absolute Gasteiger partial charge is 0.354 e. The summed E-state index contributed by atoms with van der Waals surface area (Å²) < 4.78 is 0. The monoisotopic (exact) mass is 325 g/mol. The maximum atomic E-state index is 3.67. The van der Waals surface area contributed by atoms with Crippen molar-refractivity contribution in [2.75, 3.05) is 0 Å². The molecular weight excluding hydrogens is 310 g/mol. The zero-order chi connectivity index (χ0) is 15.9. The average molecular weight is 325 g/mol. The fraction of sp³-hybridized carbons (Fsp3) is 0. The molecular formula is C22H15NS. The third-order valence-electron chi connectivity index (χ3n) is 4.46. The van der Waals surface area contributed by atoms with E-state index in [2.05, 4.69) is 89.9 Å². The molecule has 24 heavy (non-hydrogen) atoms. The number of hydrogen-bond acceptors (Lipinski definition) is 1. The molecule has 2 heteroatoms. The van der Waals surface area contributed by atoms with Crippen LogP contribution in [-0.2, 0) is 0 Å². The van der Waals surface area contributed by atoms with Gasteiger partial charge in [0.15, 0.2) is 0 Å². The second-order valence-electron chi connectivity index (χ2n) is 5.93. The zero-order valence-electron chi connectivity index (χ0n) is 13.0. The highest BCUT2D eigenvalue weighted by molar-refractivity contribution is 7.99. The summed E-state index contributed by atoms with van der Waals surface area (Å²) in [5, 5.41) is 0. The number of hydrogen-bond donors (Lipinski definition) is 1. The van der Waals surface area contributed by atoms with E-state index in [0.29, 0.717) is 0 Å². The fourth-order valence-corrected chi connectivity index (χ4v) is 4.41. The number of aromatic nitrogens is 1. The van der Waals surface area contributed by atoms with Crippen molar-refractivity contribution < 1.29 is 0 Å². The van der Waals surface area contributed by atoms with Gasteiger partial charge in [0.1, 0.15) is 0 Å². The summed E-state index contributed by atoms with van der Waals surface area (Å²) in [7, 11) is 0. The molecule has 4 aromatic rings. The van der Waals surface area contributed by atoms with Gasteiger partial charge in [0.25, 0.3) is 0 Å². The van der Waals surface area contributed by atoms with Crippen LogP contribution < -0.4 is 0 Å². The first-order chi connectivity index (χ1) is 11.9. The Labute approximate surface area is 145 Å². The molecule has 1 aromatic heterocycles. The van der Waals surface area contributed by atoms with Crippen molar-refractivity contribution in [3.8, 4) is 33.6 Å². The number of H-pyrrole nitrogens is 1. The Kier molecular flexibility index (Phi) is 3.10. The van der Waals surface area contributed by atoms with Gasteiger partial charge in [0.2, 0.25) is 0 Å². The Hall–Kier alpha value is -2.71. The molecule has 0 unspecified atom stereocenters. The molecule has 0 radical (unpaired) electrons. The summed E-state index contributed by atoms with van der Waals surface area (Å²) in [6.07, 6.45) is 0. The molecule has 5 rings (SSSR count). The van der Waals surface area contributed by atoms with Gasteiger partial charge in [-0.2, -0.15) is 0 Å². The van der Waals surface area contributed by atoms with Crippen LogP contribution in [0.2, 0.25) is 0 Å². The van der Waals surface area contributed by atoms with E-state index >= 15 is 0 Å². The van der Waals surface area contributed by atoms with Crippen LogP contribution in [-0.4, -0.2) is 4.98 Å². The summed E-state index contributed by atoms with van der Waals surface area (Å²) in [4.78, 5) is 6.28. The molecule has 0 saturated heterocycles. The Bertz CT molecular complexity index is 968. The van der Waals surface area contributed by atoms with Crippen molar-refractivity contribution in [1.82, 2.24) is 4.98 Å². The predicted molar refractivity (Wildman–Crippen MR) is 101 cm³/mol. The molecule has 1 aliphatic heterocycles. The second-order valence-corrected chi connectivity index (χ2v) is 7.02. The first-order valence-electron chi connectivity index (χ1n) is 8.05. The summed E-state index contributed by atoms with van der Waals surface area (Å²) in [5.74, 6) is 0. The topological polar surface area (TPSA) is 15.8 Å². The summed E-state index contributed by atoms with van der Waals surface area (Å²) in [6.45, 7) is 0. The van der Waals surface area contributed by atoms with Crippen LogP contribution >= 0.6 is 11.8 Å². The number of rotatable bonds is 1. The molecule has 0 amide bonds. The Morgan fingerprint density at radius 3 is 2.00 bits per heavy atom. The quantitative estimate of drug-likeness (QED) is 0.373. The molecule has 0 fully saturated rings. The van der Waals surface area contributed by atoms with Crippen LogP contribution in [0.1, 0.15) is 0 Å². The minimum Gasteiger partial charge on any atom is -0.354 e. The highest BCUT2D eigenvalue weighted by atomic mass is 32.2. The van der Waals surface area contributed by atoms with Crippen LogP contribution in [0.15, 0.2) is 94.7 Å². The Balaban J connectivity index is 1.82. The maximum Gasteiger partial charge on any atom is 0.0550 e. The molecule has 0 aliphatic carbocycles. The van der Waals surface area contributed by atoms with Gasteiger partial charge in [-0.25, -0.2) is 0 Å². The molecule has 1 aliphatic rings. The SMILES string of the molecule is c1ccc(-c2cc3c([nH]2)-c2ccccc2Sc2ccccc2-3)cc1. The van der Waals surface area contributed by atoms with Gasteiger partial charge >= 0.3 is 0 Å². The van der Waals surface area contributed by atoms with Gasteiger partial charge in [-0.05, 0) is 29.3 Å². The molecule has 0 bridgehead atoms. The molecule has 1 N–H and O–H groups in total. The standard InChI is InChI=1S/C22H15NS/c1-2-8-15(9-3-1)19-14-18-16-10-4-6-12-20(16)24-21-13-7-5-11-17(21)22(18)23-19/h1-14,23H. The summed E-state index contributed by atoms with van der Waals surface area (Å²) in [6, 6.07) is 30.1. The first kappa shape index (κ1) is 13.7. The van der Waals surface area contributed by atoms with E-state index in [-0.39, 0.29) is 0 Å².